The van der Waals surface area contributed by atoms with E-state index in [9.17, 15) is 0 Å². The minimum Gasteiger partial charge on any atom is -0.477 e. The van der Waals surface area contributed by atoms with Crippen molar-refractivity contribution in [1.82, 2.24) is 4.98 Å². The van der Waals surface area contributed by atoms with Gasteiger partial charge in [-0.05, 0) is 19.4 Å². The second-order valence-electron chi connectivity index (χ2n) is 2.57. The van der Waals surface area contributed by atoms with Crippen LogP contribution in [0.1, 0.15) is 32.8 Å². The Morgan fingerprint density at radius 2 is 2.07 bits per heavy atom. The summed E-state index contributed by atoms with van der Waals surface area (Å²) in [6.07, 6.45) is 2.63. The van der Waals surface area contributed by atoms with Gasteiger partial charge in [0.2, 0.25) is 5.88 Å². The minimum atomic E-state index is 0.643. The first kappa shape index (κ1) is 13.2. The molecule has 0 aliphatic rings. The van der Waals surface area contributed by atoms with Crippen molar-refractivity contribution in [2.45, 2.75) is 34.1 Å². The van der Waals surface area contributed by atoms with Crippen LogP contribution >= 0.6 is 11.6 Å². The summed E-state index contributed by atoms with van der Waals surface area (Å²) in [6.45, 7) is 8.65. The fraction of sp³-hybridized carbons (Fsp3) is 0.545. The molecule has 3 heteroatoms. The van der Waals surface area contributed by atoms with E-state index >= 15 is 0 Å². The van der Waals surface area contributed by atoms with Crippen LogP contribution in [0.4, 0.5) is 0 Å². The molecule has 0 unspecified atom stereocenters. The van der Waals surface area contributed by atoms with Gasteiger partial charge in [0.15, 0.2) is 0 Å². The normalized spacial score (nSPS) is 8.93. The monoisotopic (exact) mass is 215 g/mol. The van der Waals surface area contributed by atoms with Crippen LogP contribution in [0.15, 0.2) is 12.3 Å². The first-order valence-corrected chi connectivity index (χ1v) is 5.37. The highest BCUT2D eigenvalue weighted by Gasteiger charge is 2.03. The first-order valence-electron chi connectivity index (χ1n) is 4.99. The average molecular weight is 216 g/mol. The van der Waals surface area contributed by atoms with Gasteiger partial charge in [-0.1, -0.05) is 32.4 Å². The molecule has 1 rings (SSSR count). The summed E-state index contributed by atoms with van der Waals surface area (Å²) in [5, 5.41) is 0.705. The lowest BCUT2D eigenvalue weighted by Gasteiger charge is -2.06. The van der Waals surface area contributed by atoms with Gasteiger partial charge in [-0.2, -0.15) is 0 Å². The van der Waals surface area contributed by atoms with Gasteiger partial charge in [0, 0.05) is 11.8 Å². The summed E-state index contributed by atoms with van der Waals surface area (Å²) in [5.41, 5.74) is 0.910. The topological polar surface area (TPSA) is 22.1 Å². The Hall–Kier alpha value is -0.760. The summed E-state index contributed by atoms with van der Waals surface area (Å²) in [6, 6.07) is 1.76. The molecule has 0 bridgehead atoms. The number of rotatable bonds is 3. The van der Waals surface area contributed by atoms with E-state index in [1.807, 2.05) is 20.8 Å². The lowest BCUT2D eigenvalue weighted by Crippen LogP contribution is -1.99. The third-order valence-electron chi connectivity index (χ3n) is 1.53. The molecule has 0 aromatic carbocycles. The van der Waals surface area contributed by atoms with Crippen molar-refractivity contribution in [3.8, 4) is 5.88 Å². The molecule has 0 aliphatic carbocycles. The van der Waals surface area contributed by atoms with E-state index in [0.29, 0.717) is 17.5 Å². The summed E-state index contributed by atoms with van der Waals surface area (Å²) < 4.78 is 5.37. The fourth-order valence-corrected chi connectivity index (χ4v) is 0.976. The van der Waals surface area contributed by atoms with Gasteiger partial charge in [0.25, 0.3) is 0 Å². The summed E-state index contributed by atoms with van der Waals surface area (Å²) in [5.74, 6) is 0.643. The van der Waals surface area contributed by atoms with E-state index in [1.165, 1.54) is 0 Å². The summed E-state index contributed by atoms with van der Waals surface area (Å²) in [4.78, 5) is 4.07. The van der Waals surface area contributed by atoms with Crippen LogP contribution in [-0.4, -0.2) is 11.6 Å². The maximum Gasteiger partial charge on any atom is 0.217 e. The quantitative estimate of drug-likeness (QED) is 0.764. The summed E-state index contributed by atoms with van der Waals surface area (Å²) >= 11 is 5.87. The Morgan fingerprint density at radius 3 is 2.64 bits per heavy atom. The maximum absolute atomic E-state index is 5.87. The van der Waals surface area contributed by atoms with Crippen molar-refractivity contribution in [1.29, 1.82) is 0 Å². The van der Waals surface area contributed by atoms with Crippen LogP contribution in [0, 0.1) is 6.92 Å². The Morgan fingerprint density at radius 1 is 1.43 bits per heavy atom. The molecule has 0 saturated heterocycles. The van der Waals surface area contributed by atoms with Crippen molar-refractivity contribution in [3.63, 3.8) is 0 Å². The molecular formula is C11H18ClNO. The zero-order valence-electron chi connectivity index (χ0n) is 9.30. The lowest BCUT2D eigenvalue weighted by atomic mass is 10.3. The van der Waals surface area contributed by atoms with Crippen molar-refractivity contribution in [3.05, 3.63) is 22.8 Å². The zero-order valence-corrected chi connectivity index (χ0v) is 10.1. The maximum atomic E-state index is 5.87. The lowest BCUT2D eigenvalue weighted by molar-refractivity contribution is 0.303. The molecule has 1 heterocycles. The first-order chi connectivity index (χ1) is 6.75. The third-order valence-corrected chi connectivity index (χ3v) is 1.94. The average Bonchev–Trinajstić information content (AvgIpc) is 2.23. The third kappa shape index (κ3) is 3.97. The zero-order chi connectivity index (χ0) is 11.0. The highest BCUT2D eigenvalue weighted by atomic mass is 35.5. The largest absolute Gasteiger partial charge is 0.477 e. The van der Waals surface area contributed by atoms with Crippen molar-refractivity contribution < 1.29 is 4.74 Å². The van der Waals surface area contributed by atoms with Gasteiger partial charge >= 0.3 is 0 Å². The molecule has 0 amide bonds. The van der Waals surface area contributed by atoms with E-state index in [1.54, 1.807) is 12.3 Å². The van der Waals surface area contributed by atoms with Crippen molar-refractivity contribution in [2.75, 3.05) is 6.61 Å². The van der Waals surface area contributed by atoms with Crippen LogP contribution in [0.3, 0.4) is 0 Å². The molecule has 80 valence electrons. The number of halogens is 1. The van der Waals surface area contributed by atoms with E-state index in [-0.39, 0.29) is 0 Å². The number of ether oxygens (including phenoxy) is 1. The fourth-order valence-electron chi connectivity index (χ4n) is 0.839. The van der Waals surface area contributed by atoms with E-state index < -0.39 is 0 Å². The van der Waals surface area contributed by atoms with Crippen LogP contribution in [0.25, 0.3) is 0 Å². The standard InChI is InChI=1S/C9H12ClNO.C2H6/c1-3-6-12-9-7(2)8(10)4-5-11-9;1-2/h4-5H,3,6H2,1-2H3;1-2H3. The molecule has 0 radical (unpaired) electrons. The number of nitrogens with zero attached hydrogens (tertiary/aromatic N) is 1. The molecule has 14 heavy (non-hydrogen) atoms. The van der Waals surface area contributed by atoms with Crippen LogP contribution in [0.2, 0.25) is 5.02 Å². The molecular weight excluding hydrogens is 198 g/mol. The molecule has 2 nitrogen and oxygen atoms in total. The Balaban J connectivity index is 0.000000791. The number of hydrogen-bond donors (Lipinski definition) is 0. The van der Waals surface area contributed by atoms with E-state index in [2.05, 4.69) is 11.9 Å². The van der Waals surface area contributed by atoms with Gasteiger partial charge in [-0.3, -0.25) is 0 Å². The Kier molecular flexibility index (Phi) is 7.21. The van der Waals surface area contributed by atoms with Crippen LogP contribution < -0.4 is 4.74 Å². The number of hydrogen-bond acceptors (Lipinski definition) is 2. The number of pyridine rings is 1. The van der Waals surface area contributed by atoms with Crippen LogP contribution in [0.5, 0.6) is 5.88 Å². The molecule has 0 N–H and O–H groups in total. The van der Waals surface area contributed by atoms with Crippen molar-refractivity contribution in [2.24, 2.45) is 0 Å². The highest BCUT2D eigenvalue weighted by Crippen LogP contribution is 2.22. The van der Waals surface area contributed by atoms with E-state index in [0.717, 1.165) is 12.0 Å². The number of aromatic nitrogens is 1. The predicted molar refractivity (Wildman–Crippen MR) is 61.1 cm³/mol. The van der Waals surface area contributed by atoms with Crippen molar-refractivity contribution >= 4 is 11.6 Å². The molecule has 0 saturated carbocycles. The molecule has 0 spiro atoms. The minimum absolute atomic E-state index is 0.643. The summed E-state index contributed by atoms with van der Waals surface area (Å²) in [7, 11) is 0. The Bertz CT molecular complexity index is 263. The second-order valence-corrected chi connectivity index (χ2v) is 2.98. The Labute approximate surface area is 91.3 Å². The molecule has 0 aliphatic heterocycles. The van der Waals surface area contributed by atoms with Gasteiger partial charge in [0.05, 0.1) is 11.6 Å². The van der Waals surface area contributed by atoms with Crippen LogP contribution in [-0.2, 0) is 0 Å². The molecule has 1 aromatic heterocycles. The molecule has 0 fully saturated rings. The molecule has 0 atom stereocenters. The van der Waals surface area contributed by atoms with E-state index in [4.69, 9.17) is 16.3 Å². The molecule has 1 aromatic rings. The van der Waals surface area contributed by atoms with Gasteiger partial charge in [-0.15, -0.1) is 0 Å². The predicted octanol–water partition coefficient (Wildman–Crippen LogP) is 3.86. The van der Waals surface area contributed by atoms with Gasteiger partial charge < -0.3 is 4.74 Å². The smallest absolute Gasteiger partial charge is 0.217 e. The SMILES string of the molecule is CC.CCCOc1nccc(Cl)c1C. The highest BCUT2D eigenvalue weighted by molar-refractivity contribution is 6.31. The van der Waals surface area contributed by atoms with Gasteiger partial charge in [0.1, 0.15) is 0 Å². The second kappa shape index (κ2) is 7.63. The van der Waals surface area contributed by atoms with Gasteiger partial charge in [-0.25, -0.2) is 4.98 Å².